The zero-order valence-electron chi connectivity index (χ0n) is 13.3. The molecule has 0 saturated carbocycles. The van der Waals surface area contributed by atoms with E-state index in [2.05, 4.69) is 35.8 Å². The summed E-state index contributed by atoms with van der Waals surface area (Å²) in [7, 11) is 0. The van der Waals surface area contributed by atoms with Crippen LogP contribution in [0.15, 0.2) is 24.3 Å². The second-order valence-electron chi connectivity index (χ2n) is 6.07. The summed E-state index contributed by atoms with van der Waals surface area (Å²) in [5, 5.41) is 0.811. The molecule has 4 heteroatoms. The van der Waals surface area contributed by atoms with Gasteiger partial charge in [-0.3, -0.25) is 4.90 Å². The van der Waals surface area contributed by atoms with Gasteiger partial charge in [0.1, 0.15) is 0 Å². The van der Waals surface area contributed by atoms with Gasteiger partial charge in [-0.05, 0) is 30.5 Å². The molecule has 2 N–H and O–H groups in total. The summed E-state index contributed by atoms with van der Waals surface area (Å²) in [6.45, 7) is 9.63. The van der Waals surface area contributed by atoms with Crippen molar-refractivity contribution >= 4 is 17.3 Å². The van der Waals surface area contributed by atoms with Gasteiger partial charge < -0.3 is 10.6 Å². The number of hydrogen-bond acceptors (Lipinski definition) is 3. The normalized spacial score (nSPS) is 19.5. The number of anilines is 1. The topological polar surface area (TPSA) is 32.5 Å². The van der Waals surface area contributed by atoms with Crippen LogP contribution >= 0.6 is 11.6 Å². The average Bonchev–Trinajstić information content (AvgIpc) is 2.49. The Bertz CT molecular complexity index is 430. The fraction of sp³-hybridized carbons (Fsp3) is 0.647. The summed E-state index contributed by atoms with van der Waals surface area (Å²) in [6, 6.07) is 8.67. The van der Waals surface area contributed by atoms with Crippen LogP contribution in [0.3, 0.4) is 0 Å². The van der Waals surface area contributed by atoms with E-state index >= 15 is 0 Å². The first-order valence-corrected chi connectivity index (χ1v) is 8.48. The van der Waals surface area contributed by atoms with Crippen molar-refractivity contribution in [3.63, 3.8) is 0 Å². The molecule has 0 spiro atoms. The van der Waals surface area contributed by atoms with Crippen LogP contribution in [0.5, 0.6) is 0 Å². The fourth-order valence-corrected chi connectivity index (χ4v) is 3.56. The van der Waals surface area contributed by atoms with Crippen molar-refractivity contribution in [2.75, 3.05) is 37.6 Å². The lowest BCUT2D eigenvalue weighted by molar-refractivity contribution is 0.139. The van der Waals surface area contributed by atoms with Gasteiger partial charge in [-0.1, -0.05) is 37.9 Å². The van der Waals surface area contributed by atoms with Crippen molar-refractivity contribution in [2.45, 2.75) is 32.7 Å². The molecular formula is C17H28ClN3. The summed E-state index contributed by atoms with van der Waals surface area (Å²) in [6.07, 6.45) is 2.50. The van der Waals surface area contributed by atoms with Crippen molar-refractivity contribution in [1.82, 2.24) is 4.90 Å². The highest BCUT2D eigenvalue weighted by Gasteiger charge is 2.26. The Kier molecular flexibility index (Phi) is 6.34. The van der Waals surface area contributed by atoms with Gasteiger partial charge in [-0.15, -0.1) is 0 Å². The van der Waals surface area contributed by atoms with E-state index in [-0.39, 0.29) is 0 Å². The molecule has 1 aromatic rings. The largest absolute Gasteiger partial charge is 0.369 e. The lowest BCUT2D eigenvalue weighted by Crippen LogP contribution is -2.54. The van der Waals surface area contributed by atoms with Crippen molar-refractivity contribution < 1.29 is 0 Å². The van der Waals surface area contributed by atoms with E-state index in [1.54, 1.807) is 0 Å². The van der Waals surface area contributed by atoms with Crippen molar-refractivity contribution in [3.05, 3.63) is 29.3 Å². The Morgan fingerprint density at radius 3 is 2.52 bits per heavy atom. The van der Waals surface area contributed by atoms with Crippen LogP contribution < -0.4 is 10.6 Å². The smallest absolute Gasteiger partial charge is 0.0426 e. The predicted molar refractivity (Wildman–Crippen MR) is 92.2 cm³/mol. The number of halogens is 1. The van der Waals surface area contributed by atoms with Gasteiger partial charge in [-0.2, -0.15) is 0 Å². The second kappa shape index (κ2) is 8.02. The van der Waals surface area contributed by atoms with Crippen LogP contribution in [0.1, 0.15) is 26.7 Å². The SMILES string of the molecule is CCCC(C)C(CN)N1CCN(c2cccc(Cl)c2)CC1. The molecule has 1 heterocycles. The molecule has 2 atom stereocenters. The number of rotatable bonds is 6. The molecule has 0 aliphatic carbocycles. The number of nitrogens with two attached hydrogens (primary N) is 1. The molecule has 0 amide bonds. The number of benzene rings is 1. The van der Waals surface area contributed by atoms with E-state index in [9.17, 15) is 0 Å². The Morgan fingerprint density at radius 2 is 1.95 bits per heavy atom. The van der Waals surface area contributed by atoms with Crippen molar-refractivity contribution in [2.24, 2.45) is 11.7 Å². The maximum atomic E-state index is 6.09. The molecule has 21 heavy (non-hydrogen) atoms. The molecule has 0 radical (unpaired) electrons. The fourth-order valence-electron chi connectivity index (χ4n) is 3.37. The molecule has 0 aromatic heterocycles. The van der Waals surface area contributed by atoms with Gasteiger partial charge >= 0.3 is 0 Å². The minimum absolute atomic E-state index is 0.520. The molecule has 0 bridgehead atoms. The van der Waals surface area contributed by atoms with Gasteiger partial charge in [-0.25, -0.2) is 0 Å². The van der Waals surface area contributed by atoms with Gasteiger partial charge in [0.25, 0.3) is 0 Å². The van der Waals surface area contributed by atoms with Gasteiger partial charge in [0.2, 0.25) is 0 Å². The first-order chi connectivity index (χ1) is 10.2. The van der Waals surface area contributed by atoms with Crippen LogP contribution in [-0.4, -0.2) is 43.7 Å². The van der Waals surface area contributed by atoms with Crippen LogP contribution in [0.4, 0.5) is 5.69 Å². The first kappa shape index (κ1) is 16.6. The zero-order valence-corrected chi connectivity index (χ0v) is 14.0. The molecule has 1 aromatic carbocycles. The van der Waals surface area contributed by atoms with Crippen molar-refractivity contribution in [1.29, 1.82) is 0 Å². The van der Waals surface area contributed by atoms with E-state index in [0.717, 1.165) is 37.7 Å². The standard InChI is InChI=1S/C17H28ClN3/c1-3-5-14(2)17(13-19)21-10-8-20(9-11-21)16-7-4-6-15(18)12-16/h4,6-7,12,14,17H,3,5,8-11,13,19H2,1-2H3. The van der Waals surface area contributed by atoms with E-state index in [1.807, 2.05) is 12.1 Å². The highest BCUT2D eigenvalue weighted by Crippen LogP contribution is 2.23. The molecule has 1 fully saturated rings. The molecule has 2 rings (SSSR count). The third-order valence-electron chi connectivity index (χ3n) is 4.60. The number of hydrogen-bond donors (Lipinski definition) is 1. The van der Waals surface area contributed by atoms with E-state index in [4.69, 9.17) is 17.3 Å². The summed E-state index contributed by atoms with van der Waals surface area (Å²) in [4.78, 5) is 4.99. The Morgan fingerprint density at radius 1 is 1.24 bits per heavy atom. The second-order valence-corrected chi connectivity index (χ2v) is 6.51. The van der Waals surface area contributed by atoms with E-state index in [1.165, 1.54) is 18.5 Å². The molecular weight excluding hydrogens is 282 g/mol. The van der Waals surface area contributed by atoms with Crippen LogP contribution in [0, 0.1) is 5.92 Å². The van der Waals surface area contributed by atoms with Crippen LogP contribution in [-0.2, 0) is 0 Å². The minimum atomic E-state index is 0.520. The van der Waals surface area contributed by atoms with Gasteiger partial charge in [0.15, 0.2) is 0 Å². The van der Waals surface area contributed by atoms with E-state index in [0.29, 0.717) is 12.0 Å². The lowest BCUT2D eigenvalue weighted by atomic mass is 9.95. The summed E-state index contributed by atoms with van der Waals surface area (Å²) < 4.78 is 0. The summed E-state index contributed by atoms with van der Waals surface area (Å²) in [5.74, 6) is 0.678. The van der Waals surface area contributed by atoms with Crippen LogP contribution in [0.25, 0.3) is 0 Å². The average molecular weight is 310 g/mol. The number of nitrogens with zero attached hydrogens (tertiary/aromatic N) is 2. The minimum Gasteiger partial charge on any atom is -0.369 e. The zero-order chi connectivity index (χ0) is 15.2. The maximum absolute atomic E-state index is 6.09. The Balaban J connectivity index is 1.93. The third kappa shape index (κ3) is 4.35. The molecule has 3 nitrogen and oxygen atoms in total. The molecule has 1 aliphatic heterocycles. The van der Waals surface area contributed by atoms with Gasteiger partial charge in [0, 0.05) is 49.5 Å². The van der Waals surface area contributed by atoms with Crippen molar-refractivity contribution in [3.8, 4) is 0 Å². The third-order valence-corrected chi connectivity index (χ3v) is 4.83. The molecule has 118 valence electrons. The monoisotopic (exact) mass is 309 g/mol. The predicted octanol–water partition coefficient (Wildman–Crippen LogP) is 3.23. The highest BCUT2D eigenvalue weighted by molar-refractivity contribution is 6.30. The highest BCUT2D eigenvalue weighted by atomic mass is 35.5. The quantitative estimate of drug-likeness (QED) is 0.875. The summed E-state index contributed by atoms with van der Waals surface area (Å²) >= 11 is 6.09. The first-order valence-electron chi connectivity index (χ1n) is 8.10. The lowest BCUT2D eigenvalue weighted by Gasteiger charge is -2.42. The Hall–Kier alpha value is -0.770. The van der Waals surface area contributed by atoms with Gasteiger partial charge in [0.05, 0.1) is 0 Å². The molecule has 2 unspecified atom stereocenters. The van der Waals surface area contributed by atoms with Crippen LogP contribution in [0.2, 0.25) is 5.02 Å². The number of piperazine rings is 1. The maximum Gasteiger partial charge on any atom is 0.0426 e. The summed E-state index contributed by atoms with van der Waals surface area (Å²) in [5.41, 5.74) is 7.26. The Labute approximate surface area is 134 Å². The molecule has 1 aliphatic rings. The van der Waals surface area contributed by atoms with E-state index < -0.39 is 0 Å². The molecule has 1 saturated heterocycles.